The highest BCUT2D eigenvalue weighted by Gasteiger charge is 2.21. The van der Waals surface area contributed by atoms with Gasteiger partial charge in [-0.05, 0) is 18.9 Å². The molecule has 1 heterocycles. The molecule has 2 N–H and O–H groups in total. The van der Waals surface area contributed by atoms with E-state index in [1.807, 2.05) is 0 Å². The Morgan fingerprint density at radius 2 is 2.24 bits per heavy atom. The fourth-order valence-electron chi connectivity index (χ4n) is 1.36. The van der Waals surface area contributed by atoms with E-state index in [0.717, 1.165) is 12.8 Å². The Bertz CT molecular complexity index is 445. The Morgan fingerprint density at radius 3 is 2.88 bits per heavy atom. The number of nitrogens with zero attached hydrogens (tertiary/aromatic N) is 2. The zero-order valence-electron chi connectivity index (χ0n) is 9.46. The van der Waals surface area contributed by atoms with Crippen LogP contribution in [0.4, 0.5) is 0 Å². The van der Waals surface area contributed by atoms with Crippen LogP contribution in [-0.4, -0.2) is 36.7 Å². The first-order valence-corrected chi connectivity index (χ1v) is 7.26. The molecule has 1 aromatic rings. The molecule has 0 amide bonds. The summed E-state index contributed by atoms with van der Waals surface area (Å²) >= 11 is 0. The SMILES string of the molecule is O=S(=O)(CCNC1CC1)NCc1ccncn1. The first-order valence-electron chi connectivity index (χ1n) is 5.61. The highest BCUT2D eigenvalue weighted by molar-refractivity contribution is 7.89. The van der Waals surface area contributed by atoms with E-state index in [-0.39, 0.29) is 12.3 Å². The smallest absolute Gasteiger partial charge is 0.213 e. The number of rotatable bonds is 7. The van der Waals surface area contributed by atoms with Crippen LogP contribution in [0.1, 0.15) is 18.5 Å². The molecule has 0 spiro atoms. The average Bonchev–Trinajstić information content (AvgIpc) is 3.12. The van der Waals surface area contributed by atoms with E-state index in [1.165, 1.54) is 6.33 Å². The van der Waals surface area contributed by atoms with Gasteiger partial charge in [-0.2, -0.15) is 0 Å². The molecule has 0 radical (unpaired) electrons. The minimum Gasteiger partial charge on any atom is -0.313 e. The quantitative estimate of drug-likeness (QED) is 0.696. The molecule has 17 heavy (non-hydrogen) atoms. The molecule has 0 unspecified atom stereocenters. The number of aromatic nitrogens is 2. The fraction of sp³-hybridized carbons (Fsp3) is 0.600. The summed E-state index contributed by atoms with van der Waals surface area (Å²) in [5.41, 5.74) is 0.665. The van der Waals surface area contributed by atoms with Crippen molar-refractivity contribution >= 4 is 10.0 Å². The van der Waals surface area contributed by atoms with Crippen LogP contribution in [0.3, 0.4) is 0 Å². The molecule has 94 valence electrons. The third kappa shape index (κ3) is 4.76. The van der Waals surface area contributed by atoms with Crippen molar-refractivity contribution in [3.63, 3.8) is 0 Å². The van der Waals surface area contributed by atoms with Gasteiger partial charge in [-0.3, -0.25) is 0 Å². The normalized spacial score (nSPS) is 16.0. The standard InChI is InChI=1S/C10H16N4O2S/c15-17(16,6-5-12-9-1-2-9)14-7-10-3-4-11-8-13-10/h3-4,8-9,12,14H,1-2,5-7H2. The van der Waals surface area contributed by atoms with Crippen LogP contribution >= 0.6 is 0 Å². The second kappa shape index (κ2) is 5.52. The molecule has 0 aromatic carbocycles. The molecule has 0 atom stereocenters. The molecule has 1 aromatic heterocycles. The summed E-state index contributed by atoms with van der Waals surface area (Å²) in [6.07, 6.45) is 5.31. The fourth-order valence-corrected chi connectivity index (χ4v) is 2.26. The van der Waals surface area contributed by atoms with Gasteiger partial charge in [-0.1, -0.05) is 0 Å². The van der Waals surface area contributed by atoms with E-state index in [4.69, 9.17) is 0 Å². The first-order chi connectivity index (χ1) is 8.16. The minimum atomic E-state index is -3.22. The topological polar surface area (TPSA) is 84.0 Å². The molecular formula is C10H16N4O2S. The lowest BCUT2D eigenvalue weighted by molar-refractivity contribution is 0.575. The molecule has 1 saturated carbocycles. The summed E-state index contributed by atoms with van der Waals surface area (Å²) < 4.78 is 25.7. The average molecular weight is 256 g/mol. The molecule has 1 aliphatic carbocycles. The van der Waals surface area contributed by atoms with Gasteiger partial charge in [0.2, 0.25) is 10.0 Å². The van der Waals surface area contributed by atoms with E-state index in [9.17, 15) is 8.42 Å². The van der Waals surface area contributed by atoms with Crippen molar-refractivity contribution < 1.29 is 8.42 Å². The van der Waals surface area contributed by atoms with Crippen LogP contribution in [-0.2, 0) is 16.6 Å². The first kappa shape index (κ1) is 12.4. The van der Waals surface area contributed by atoms with Crippen molar-refractivity contribution in [2.75, 3.05) is 12.3 Å². The molecule has 0 bridgehead atoms. The lowest BCUT2D eigenvalue weighted by Crippen LogP contribution is -2.32. The summed E-state index contributed by atoms with van der Waals surface area (Å²) in [5, 5.41) is 3.17. The zero-order valence-corrected chi connectivity index (χ0v) is 10.3. The number of sulfonamides is 1. The second-order valence-electron chi connectivity index (χ2n) is 4.07. The van der Waals surface area contributed by atoms with Crippen molar-refractivity contribution in [3.05, 3.63) is 24.3 Å². The molecule has 7 heteroatoms. The van der Waals surface area contributed by atoms with E-state index in [0.29, 0.717) is 18.3 Å². The number of hydrogen-bond acceptors (Lipinski definition) is 5. The summed E-state index contributed by atoms with van der Waals surface area (Å²) in [7, 11) is -3.22. The van der Waals surface area contributed by atoms with Gasteiger partial charge in [0.05, 0.1) is 18.0 Å². The van der Waals surface area contributed by atoms with E-state index >= 15 is 0 Å². The Kier molecular flexibility index (Phi) is 4.03. The lowest BCUT2D eigenvalue weighted by Gasteiger charge is -2.06. The third-order valence-electron chi connectivity index (χ3n) is 2.50. The number of hydrogen-bond donors (Lipinski definition) is 2. The van der Waals surface area contributed by atoms with Crippen molar-refractivity contribution in [3.8, 4) is 0 Å². The van der Waals surface area contributed by atoms with Gasteiger partial charge < -0.3 is 5.32 Å². The molecule has 0 aliphatic heterocycles. The van der Waals surface area contributed by atoms with Crippen LogP contribution < -0.4 is 10.0 Å². The summed E-state index contributed by atoms with van der Waals surface area (Å²) in [6, 6.07) is 2.22. The van der Waals surface area contributed by atoms with Gasteiger partial charge in [-0.25, -0.2) is 23.1 Å². The molecule has 1 aliphatic rings. The van der Waals surface area contributed by atoms with Crippen molar-refractivity contribution in [2.45, 2.75) is 25.4 Å². The predicted molar refractivity (Wildman–Crippen MR) is 63.7 cm³/mol. The maximum atomic E-state index is 11.6. The monoisotopic (exact) mass is 256 g/mol. The highest BCUT2D eigenvalue weighted by Crippen LogP contribution is 2.17. The molecule has 0 saturated heterocycles. The molecular weight excluding hydrogens is 240 g/mol. The number of nitrogens with one attached hydrogen (secondary N) is 2. The van der Waals surface area contributed by atoms with Gasteiger partial charge >= 0.3 is 0 Å². The van der Waals surface area contributed by atoms with Crippen molar-refractivity contribution in [2.24, 2.45) is 0 Å². The van der Waals surface area contributed by atoms with Crippen LogP contribution in [0.2, 0.25) is 0 Å². The van der Waals surface area contributed by atoms with Crippen LogP contribution in [0, 0.1) is 0 Å². The van der Waals surface area contributed by atoms with Crippen LogP contribution in [0.5, 0.6) is 0 Å². The summed E-state index contributed by atoms with van der Waals surface area (Å²) in [5.74, 6) is 0.106. The van der Waals surface area contributed by atoms with Crippen LogP contribution in [0.15, 0.2) is 18.6 Å². The summed E-state index contributed by atoms with van der Waals surface area (Å²) in [6.45, 7) is 0.720. The van der Waals surface area contributed by atoms with Gasteiger partial charge in [-0.15, -0.1) is 0 Å². The summed E-state index contributed by atoms with van der Waals surface area (Å²) in [4.78, 5) is 7.71. The largest absolute Gasteiger partial charge is 0.313 e. The molecule has 2 rings (SSSR count). The third-order valence-corrected chi connectivity index (χ3v) is 3.82. The predicted octanol–water partition coefficient (Wildman–Crippen LogP) is -0.352. The maximum absolute atomic E-state index is 11.6. The van der Waals surface area contributed by atoms with E-state index in [2.05, 4.69) is 20.0 Å². The van der Waals surface area contributed by atoms with Crippen LogP contribution in [0.25, 0.3) is 0 Å². The van der Waals surface area contributed by atoms with Gasteiger partial charge in [0.25, 0.3) is 0 Å². The second-order valence-corrected chi connectivity index (χ2v) is 6.00. The minimum absolute atomic E-state index is 0.106. The van der Waals surface area contributed by atoms with Crippen molar-refractivity contribution in [1.29, 1.82) is 0 Å². The maximum Gasteiger partial charge on any atom is 0.213 e. The Hall–Kier alpha value is -1.05. The zero-order chi connectivity index (χ0) is 12.1. The van der Waals surface area contributed by atoms with Gasteiger partial charge in [0, 0.05) is 18.8 Å². The van der Waals surface area contributed by atoms with Gasteiger partial charge in [0.15, 0.2) is 0 Å². The highest BCUT2D eigenvalue weighted by atomic mass is 32.2. The molecule has 1 fully saturated rings. The van der Waals surface area contributed by atoms with Gasteiger partial charge in [0.1, 0.15) is 6.33 Å². The lowest BCUT2D eigenvalue weighted by atomic mass is 10.4. The Morgan fingerprint density at radius 1 is 1.41 bits per heavy atom. The Labute approximate surface area is 101 Å². The molecule has 6 nitrogen and oxygen atoms in total. The Balaban J connectivity index is 1.72. The van der Waals surface area contributed by atoms with Crippen molar-refractivity contribution in [1.82, 2.24) is 20.0 Å². The van der Waals surface area contributed by atoms with E-state index < -0.39 is 10.0 Å². The van der Waals surface area contributed by atoms with E-state index in [1.54, 1.807) is 12.3 Å².